The number of phenolic OH excluding ortho intramolecular Hbond substituents is 1. The highest BCUT2D eigenvalue weighted by molar-refractivity contribution is 5.69. The fourth-order valence-corrected chi connectivity index (χ4v) is 3.84. The Bertz CT molecular complexity index is 509. The largest absolute Gasteiger partial charge is 0.508 e. The Morgan fingerprint density at radius 1 is 0.700 bits per heavy atom. The monoisotopic (exact) mass is 418 g/mol. The first-order chi connectivity index (χ1) is 14.7. The average Bonchev–Trinajstić information content (AvgIpc) is 2.75. The van der Waals surface area contributed by atoms with Crippen molar-refractivity contribution in [1.82, 2.24) is 0 Å². The molecule has 1 rings (SSSR count). The third-order valence-electron chi connectivity index (χ3n) is 5.79. The van der Waals surface area contributed by atoms with E-state index in [1.165, 1.54) is 83.5 Å². The zero-order valence-electron chi connectivity index (χ0n) is 19.5. The number of rotatable bonds is 20. The molecule has 0 unspecified atom stereocenters. The van der Waals surface area contributed by atoms with Gasteiger partial charge in [0, 0.05) is 6.42 Å². The van der Waals surface area contributed by atoms with Gasteiger partial charge in [-0.3, -0.25) is 4.79 Å². The van der Waals surface area contributed by atoms with Gasteiger partial charge in [-0.15, -0.1) is 0 Å². The molecule has 0 aliphatic rings. The zero-order valence-corrected chi connectivity index (χ0v) is 19.5. The van der Waals surface area contributed by atoms with Gasteiger partial charge in [0.1, 0.15) is 5.75 Å². The van der Waals surface area contributed by atoms with E-state index in [0.717, 1.165) is 31.2 Å². The van der Waals surface area contributed by atoms with E-state index in [4.69, 9.17) is 4.74 Å². The molecule has 0 aliphatic heterocycles. The summed E-state index contributed by atoms with van der Waals surface area (Å²) in [5.74, 6) is 0.226. The standard InChI is InChI=1S/C27H46O3/c1-2-3-4-5-6-7-8-9-10-11-12-13-14-15-16-19-27(29)30-24-17-18-25-20-22-26(28)23-21-25/h20-23,28H,2-19,24H2,1H3. The SMILES string of the molecule is CCCCCCCCCCCCCCCCCC(=O)OCCCc1ccc(O)cc1. The van der Waals surface area contributed by atoms with Crippen molar-refractivity contribution >= 4 is 5.97 Å². The van der Waals surface area contributed by atoms with Crippen molar-refractivity contribution in [3.05, 3.63) is 29.8 Å². The Morgan fingerprint density at radius 2 is 1.17 bits per heavy atom. The van der Waals surface area contributed by atoms with E-state index < -0.39 is 0 Å². The molecule has 30 heavy (non-hydrogen) atoms. The normalized spacial score (nSPS) is 11.0. The minimum atomic E-state index is -0.0598. The van der Waals surface area contributed by atoms with Gasteiger partial charge in [0.25, 0.3) is 0 Å². The fraction of sp³-hybridized carbons (Fsp3) is 0.741. The van der Waals surface area contributed by atoms with Crippen LogP contribution in [0.4, 0.5) is 0 Å². The smallest absolute Gasteiger partial charge is 0.305 e. The quantitative estimate of drug-likeness (QED) is 0.172. The molecule has 0 radical (unpaired) electrons. The van der Waals surface area contributed by atoms with Crippen molar-refractivity contribution in [2.45, 2.75) is 122 Å². The number of hydrogen-bond acceptors (Lipinski definition) is 3. The number of aromatic hydroxyl groups is 1. The number of hydrogen-bond donors (Lipinski definition) is 1. The lowest BCUT2D eigenvalue weighted by Gasteiger charge is -2.06. The lowest BCUT2D eigenvalue weighted by atomic mass is 10.0. The predicted molar refractivity (Wildman–Crippen MR) is 127 cm³/mol. The van der Waals surface area contributed by atoms with Crippen LogP contribution in [0.3, 0.4) is 0 Å². The maximum atomic E-state index is 11.8. The predicted octanol–water partition coefficient (Wildman–Crippen LogP) is 8.13. The number of benzene rings is 1. The second kappa shape index (κ2) is 19.5. The minimum absolute atomic E-state index is 0.0598. The lowest BCUT2D eigenvalue weighted by Crippen LogP contribution is -2.06. The Morgan fingerprint density at radius 3 is 1.67 bits per heavy atom. The molecule has 3 heteroatoms. The van der Waals surface area contributed by atoms with E-state index in [-0.39, 0.29) is 11.7 Å². The summed E-state index contributed by atoms with van der Waals surface area (Å²) in [5, 5.41) is 9.26. The molecule has 0 aromatic heterocycles. The molecule has 3 nitrogen and oxygen atoms in total. The van der Waals surface area contributed by atoms with E-state index in [1.54, 1.807) is 12.1 Å². The molecule has 0 bridgehead atoms. The van der Waals surface area contributed by atoms with E-state index in [0.29, 0.717) is 13.0 Å². The van der Waals surface area contributed by atoms with E-state index in [1.807, 2.05) is 12.1 Å². The van der Waals surface area contributed by atoms with Crippen LogP contribution in [-0.4, -0.2) is 17.7 Å². The molecule has 0 aliphatic carbocycles. The van der Waals surface area contributed by atoms with E-state index in [2.05, 4.69) is 6.92 Å². The van der Waals surface area contributed by atoms with Gasteiger partial charge < -0.3 is 9.84 Å². The highest BCUT2D eigenvalue weighted by atomic mass is 16.5. The van der Waals surface area contributed by atoms with Gasteiger partial charge in [0.15, 0.2) is 0 Å². The number of phenols is 1. The van der Waals surface area contributed by atoms with Crippen LogP contribution in [0.15, 0.2) is 24.3 Å². The average molecular weight is 419 g/mol. The summed E-state index contributed by atoms with van der Waals surface area (Å²) in [7, 11) is 0. The molecule has 0 heterocycles. The summed E-state index contributed by atoms with van der Waals surface area (Å²) in [6.07, 6.45) is 22.3. The van der Waals surface area contributed by atoms with Gasteiger partial charge in [0.2, 0.25) is 0 Å². The minimum Gasteiger partial charge on any atom is -0.508 e. The maximum absolute atomic E-state index is 11.8. The summed E-state index contributed by atoms with van der Waals surface area (Å²) in [6, 6.07) is 7.20. The van der Waals surface area contributed by atoms with Crippen LogP contribution in [0.1, 0.15) is 122 Å². The number of ether oxygens (including phenoxy) is 1. The summed E-state index contributed by atoms with van der Waals surface area (Å²) >= 11 is 0. The molecular weight excluding hydrogens is 372 g/mol. The van der Waals surface area contributed by atoms with Crippen molar-refractivity contribution < 1.29 is 14.6 Å². The molecule has 1 aromatic rings. The number of carbonyl (C=O) groups is 1. The summed E-state index contributed by atoms with van der Waals surface area (Å²) in [5.41, 5.74) is 1.16. The number of unbranched alkanes of at least 4 members (excludes halogenated alkanes) is 14. The highest BCUT2D eigenvalue weighted by Gasteiger charge is 2.03. The molecule has 0 saturated carbocycles. The first-order valence-electron chi connectivity index (χ1n) is 12.7. The third-order valence-corrected chi connectivity index (χ3v) is 5.79. The number of esters is 1. The molecule has 0 amide bonds. The number of carbonyl (C=O) groups excluding carboxylic acids is 1. The molecule has 172 valence electrons. The van der Waals surface area contributed by atoms with Crippen molar-refractivity contribution in [2.24, 2.45) is 0 Å². The van der Waals surface area contributed by atoms with Crippen LogP contribution in [0.25, 0.3) is 0 Å². The highest BCUT2D eigenvalue weighted by Crippen LogP contribution is 2.14. The van der Waals surface area contributed by atoms with Crippen LogP contribution < -0.4 is 0 Å². The topological polar surface area (TPSA) is 46.5 Å². The Hall–Kier alpha value is -1.51. The second-order valence-electron chi connectivity index (χ2n) is 8.69. The zero-order chi connectivity index (χ0) is 21.7. The summed E-state index contributed by atoms with van der Waals surface area (Å²) in [4.78, 5) is 11.8. The lowest BCUT2D eigenvalue weighted by molar-refractivity contribution is -0.143. The Kier molecular flexibility index (Phi) is 17.2. The van der Waals surface area contributed by atoms with Gasteiger partial charge >= 0.3 is 5.97 Å². The second-order valence-corrected chi connectivity index (χ2v) is 8.69. The van der Waals surface area contributed by atoms with Crippen molar-refractivity contribution in [1.29, 1.82) is 0 Å². The van der Waals surface area contributed by atoms with Gasteiger partial charge in [0.05, 0.1) is 6.61 Å². The molecule has 0 saturated heterocycles. The van der Waals surface area contributed by atoms with E-state index >= 15 is 0 Å². The van der Waals surface area contributed by atoms with Gasteiger partial charge in [-0.05, 0) is 37.0 Å². The molecule has 1 aromatic carbocycles. The van der Waals surface area contributed by atoms with Gasteiger partial charge in [-0.25, -0.2) is 0 Å². The van der Waals surface area contributed by atoms with Crippen LogP contribution >= 0.6 is 0 Å². The summed E-state index contributed by atoms with van der Waals surface area (Å²) in [6.45, 7) is 2.76. The first-order valence-corrected chi connectivity index (χ1v) is 12.7. The van der Waals surface area contributed by atoms with E-state index in [9.17, 15) is 9.90 Å². The van der Waals surface area contributed by atoms with Crippen LogP contribution in [0.5, 0.6) is 5.75 Å². The van der Waals surface area contributed by atoms with Crippen molar-refractivity contribution in [3.63, 3.8) is 0 Å². The van der Waals surface area contributed by atoms with Crippen LogP contribution in [0.2, 0.25) is 0 Å². The van der Waals surface area contributed by atoms with Gasteiger partial charge in [-0.1, -0.05) is 109 Å². The molecule has 1 N–H and O–H groups in total. The van der Waals surface area contributed by atoms with Crippen LogP contribution in [0, 0.1) is 0 Å². The molecule has 0 atom stereocenters. The van der Waals surface area contributed by atoms with Crippen LogP contribution in [-0.2, 0) is 16.0 Å². The maximum Gasteiger partial charge on any atom is 0.305 e. The molecule has 0 fully saturated rings. The van der Waals surface area contributed by atoms with Crippen molar-refractivity contribution in [3.8, 4) is 5.75 Å². The molecule has 0 spiro atoms. The fourth-order valence-electron chi connectivity index (χ4n) is 3.84. The number of aryl methyl sites for hydroxylation is 1. The van der Waals surface area contributed by atoms with Crippen molar-refractivity contribution in [2.75, 3.05) is 6.61 Å². The van der Waals surface area contributed by atoms with Gasteiger partial charge in [-0.2, -0.15) is 0 Å². The molecular formula is C27H46O3. The third kappa shape index (κ3) is 16.3. The Balaban J connectivity index is 1.78. The Labute approximate surface area is 185 Å². The first kappa shape index (κ1) is 26.5. The summed E-state index contributed by atoms with van der Waals surface area (Å²) < 4.78 is 5.32.